The Morgan fingerprint density at radius 2 is 2.10 bits per heavy atom. The fourth-order valence-corrected chi connectivity index (χ4v) is 1.74. The molecule has 1 amide bonds. The SMILES string of the molecule is CCCNC(=O)C(C)Nc1cc(OCC)cc([N+](=O)[O-])c1. The second-order valence-electron chi connectivity index (χ2n) is 4.56. The highest BCUT2D eigenvalue weighted by molar-refractivity contribution is 5.84. The number of anilines is 1. The topological polar surface area (TPSA) is 93.5 Å². The van der Waals surface area contributed by atoms with E-state index in [0.29, 0.717) is 24.6 Å². The molecule has 1 atom stereocenters. The third kappa shape index (κ3) is 5.29. The first-order chi connectivity index (χ1) is 9.97. The lowest BCUT2D eigenvalue weighted by Gasteiger charge is -2.15. The highest BCUT2D eigenvalue weighted by Gasteiger charge is 2.15. The number of hydrogen-bond donors (Lipinski definition) is 2. The van der Waals surface area contributed by atoms with Crippen LogP contribution in [0.1, 0.15) is 27.2 Å². The third-order valence-electron chi connectivity index (χ3n) is 2.74. The smallest absolute Gasteiger partial charge is 0.275 e. The average molecular weight is 295 g/mol. The Bertz CT molecular complexity index is 505. The van der Waals surface area contributed by atoms with Crippen LogP contribution in [0.3, 0.4) is 0 Å². The van der Waals surface area contributed by atoms with Crippen LogP contribution in [0.5, 0.6) is 5.75 Å². The van der Waals surface area contributed by atoms with Gasteiger partial charge in [0.15, 0.2) is 0 Å². The number of nitrogens with zero attached hydrogens (tertiary/aromatic N) is 1. The number of amides is 1. The quantitative estimate of drug-likeness (QED) is 0.567. The summed E-state index contributed by atoms with van der Waals surface area (Å²) >= 11 is 0. The van der Waals surface area contributed by atoms with E-state index in [9.17, 15) is 14.9 Å². The van der Waals surface area contributed by atoms with Gasteiger partial charge in [-0.3, -0.25) is 14.9 Å². The predicted molar refractivity (Wildman–Crippen MR) is 80.7 cm³/mol. The van der Waals surface area contributed by atoms with Crippen LogP contribution in [0.15, 0.2) is 18.2 Å². The largest absolute Gasteiger partial charge is 0.494 e. The number of non-ortho nitro benzene ring substituents is 1. The Labute approximate surface area is 123 Å². The van der Waals surface area contributed by atoms with Gasteiger partial charge in [0.2, 0.25) is 5.91 Å². The number of benzene rings is 1. The lowest BCUT2D eigenvalue weighted by Crippen LogP contribution is -2.37. The number of rotatable bonds is 8. The Balaban J connectivity index is 2.85. The highest BCUT2D eigenvalue weighted by Crippen LogP contribution is 2.26. The number of nitrogens with one attached hydrogen (secondary N) is 2. The molecule has 21 heavy (non-hydrogen) atoms. The zero-order chi connectivity index (χ0) is 15.8. The second kappa shape index (κ2) is 8.08. The monoisotopic (exact) mass is 295 g/mol. The van der Waals surface area contributed by atoms with Crippen LogP contribution < -0.4 is 15.4 Å². The molecule has 0 spiro atoms. The number of nitro groups is 1. The van der Waals surface area contributed by atoms with Crippen molar-refractivity contribution >= 4 is 17.3 Å². The summed E-state index contributed by atoms with van der Waals surface area (Å²) in [6.45, 7) is 6.47. The van der Waals surface area contributed by atoms with E-state index in [1.807, 2.05) is 6.92 Å². The van der Waals surface area contributed by atoms with Crippen molar-refractivity contribution in [3.8, 4) is 5.75 Å². The Morgan fingerprint density at radius 1 is 1.38 bits per heavy atom. The summed E-state index contributed by atoms with van der Waals surface area (Å²) in [7, 11) is 0. The maximum absolute atomic E-state index is 11.8. The van der Waals surface area contributed by atoms with Crippen molar-refractivity contribution in [2.75, 3.05) is 18.5 Å². The molecule has 0 aliphatic rings. The van der Waals surface area contributed by atoms with Crippen molar-refractivity contribution < 1.29 is 14.5 Å². The van der Waals surface area contributed by atoms with E-state index in [1.54, 1.807) is 19.9 Å². The van der Waals surface area contributed by atoms with Crippen LogP contribution >= 0.6 is 0 Å². The van der Waals surface area contributed by atoms with Gasteiger partial charge in [-0.15, -0.1) is 0 Å². The fourth-order valence-electron chi connectivity index (χ4n) is 1.74. The van der Waals surface area contributed by atoms with E-state index in [-0.39, 0.29) is 11.6 Å². The summed E-state index contributed by atoms with van der Waals surface area (Å²) in [5, 5.41) is 16.6. The van der Waals surface area contributed by atoms with Crippen LogP contribution in [0, 0.1) is 10.1 Å². The molecule has 0 radical (unpaired) electrons. The summed E-state index contributed by atoms with van der Waals surface area (Å²) in [5.41, 5.74) is 0.399. The van der Waals surface area contributed by atoms with Crippen molar-refractivity contribution in [2.24, 2.45) is 0 Å². The van der Waals surface area contributed by atoms with Crippen molar-refractivity contribution in [1.82, 2.24) is 5.32 Å². The lowest BCUT2D eigenvalue weighted by atomic mass is 10.2. The number of hydrogen-bond acceptors (Lipinski definition) is 5. The van der Waals surface area contributed by atoms with Gasteiger partial charge in [0.1, 0.15) is 11.8 Å². The molecular weight excluding hydrogens is 274 g/mol. The minimum Gasteiger partial charge on any atom is -0.494 e. The van der Waals surface area contributed by atoms with Crippen LogP contribution in [-0.4, -0.2) is 30.0 Å². The first kappa shape index (κ1) is 16.7. The molecule has 0 saturated heterocycles. The fraction of sp³-hybridized carbons (Fsp3) is 0.500. The van der Waals surface area contributed by atoms with Crippen LogP contribution in [0.25, 0.3) is 0 Å². The van der Waals surface area contributed by atoms with Gasteiger partial charge in [-0.25, -0.2) is 0 Å². The molecule has 7 heteroatoms. The predicted octanol–water partition coefficient (Wildman–Crippen LogP) is 2.32. The number of ether oxygens (including phenoxy) is 1. The first-order valence-electron chi connectivity index (χ1n) is 6.94. The van der Waals surface area contributed by atoms with Gasteiger partial charge in [0, 0.05) is 24.4 Å². The van der Waals surface area contributed by atoms with E-state index in [1.165, 1.54) is 12.1 Å². The molecule has 1 rings (SSSR count). The van der Waals surface area contributed by atoms with Crippen molar-refractivity contribution in [3.63, 3.8) is 0 Å². The molecule has 0 aliphatic carbocycles. The zero-order valence-corrected chi connectivity index (χ0v) is 12.5. The maximum Gasteiger partial charge on any atom is 0.275 e. The van der Waals surface area contributed by atoms with Crippen LogP contribution in [-0.2, 0) is 4.79 Å². The van der Waals surface area contributed by atoms with Crippen LogP contribution in [0.2, 0.25) is 0 Å². The van der Waals surface area contributed by atoms with Crippen molar-refractivity contribution in [3.05, 3.63) is 28.3 Å². The third-order valence-corrected chi connectivity index (χ3v) is 2.74. The van der Waals surface area contributed by atoms with Gasteiger partial charge in [-0.05, 0) is 20.3 Å². The number of carbonyl (C=O) groups excluding carboxylic acids is 1. The van der Waals surface area contributed by atoms with Gasteiger partial charge < -0.3 is 15.4 Å². The molecule has 0 saturated carbocycles. The number of nitro benzene ring substituents is 1. The Kier molecular flexibility index (Phi) is 6.45. The van der Waals surface area contributed by atoms with Gasteiger partial charge >= 0.3 is 0 Å². The molecule has 0 heterocycles. The molecule has 0 aromatic heterocycles. The van der Waals surface area contributed by atoms with E-state index in [4.69, 9.17) is 4.74 Å². The van der Waals surface area contributed by atoms with Gasteiger partial charge in [0.05, 0.1) is 17.6 Å². The standard InChI is InChI=1S/C14H21N3O4/c1-4-6-15-14(18)10(3)16-11-7-12(17(19)20)9-13(8-11)21-5-2/h7-10,16H,4-6H2,1-3H3,(H,15,18). The molecule has 0 aliphatic heterocycles. The molecule has 2 N–H and O–H groups in total. The van der Waals surface area contributed by atoms with Crippen molar-refractivity contribution in [1.29, 1.82) is 0 Å². The summed E-state index contributed by atoms with van der Waals surface area (Å²) in [6.07, 6.45) is 0.851. The average Bonchev–Trinajstić information content (AvgIpc) is 2.44. The summed E-state index contributed by atoms with van der Waals surface area (Å²) in [4.78, 5) is 22.2. The minimum absolute atomic E-state index is 0.0791. The molecule has 1 unspecified atom stereocenters. The Morgan fingerprint density at radius 3 is 2.67 bits per heavy atom. The van der Waals surface area contributed by atoms with Gasteiger partial charge in [-0.1, -0.05) is 6.92 Å². The summed E-state index contributed by atoms with van der Waals surface area (Å²) < 4.78 is 5.30. The lowest BCUT2D eigenvalue weighted by molar-refractivity contribution is -0.384. The van der Waals surface area contributed by atoms with Crippen molar-refractivity contribution in [2.45, 2.75) is 33.2 Å². The molecule has 1 aromatic carbocycles. The van der Waals surface area contributed by atoms with Gasteiger partial charge in [-0.2, -0.15) is 0 Å². The first-order valence-corrected chi connectivity index (χ1v) is 6.94. The molecule has 0 bridgehead atoms. The maximum atomic E-state index is 11.8. The summed E-state index contributed by atoms with van der Waals surface area (Å²) in [6, 6.07) is 3.89. The number of carbonyl (C=O) groups is 1. The Hall–Kier alpha value is -2.31. The van der Waals surface area contributed by atoms with Gasteiger partial charge in [0.25, 0.3) is 5.69 Å². The van der Waals surface area contributed by atoms with E-state index >= 15 is 0 Å². The molecule has 0 fully saturated rings. The molecule has 7 nitrogen and oxygen atoms in total. The normalized spacial score (nSPS) is 11.6. The molecule has 1 aromatic rings. The van der Waals surface area contributed by atoms with E-state index in [0.717, 1.165) is 6.42 Å². The van der Waals surface area contributed by atoms with Crippen LogP contribution in [0.4, 0.5) is 11.4 Å². The molecule has 116 valence electrons. The van der Waals surface area contributed by atoms with E-state index < -0.39 is 11.0 Å². The summed E-state index contributed by atoms with van der Waals surface area (Å²) in [5.74, 6) is 0.247. The molecular formula is C14H21N3O4. The minimum atomic E-state index is -0.493. The second-order valence-corrected chi connectivity index (χ2v) is 4.56. The zero-order valence-electron chi connectivity index (χ0n) is 12.5. The van der Waals surface area contributed by atoms with E-state index in [2.05, 4.69) is 10.6 Å². The highest BCUT2D eigenvalue weighted by atomic mass is 16.6.